The summed E-state index contributed by atoms with van der Waals surface area (Å²) in [5.74, 6) is 0.470. The third-order valence-corrected chi connectivity index (χ3v) is 4.09. The SMILES string of the molecule is COc1ccc(Cl)cc1Nc1cc(C(=O)Nc2cccc(C(C)=O)c2)ncn1. The van der Waals surface area contributed by atoms with Gasteiger partial charge in [-0.2, -0.15) is 0 Å². The number of halogens is 1. The number of aromatic nitrogens is 2. The van der Waals surface area contributed by atoms with E-state index in [1.54, 1.807) is 49.6 Å². The summed E-state index contributed by atoms with van der Waals surface area (Å²) < 4.78 is 5.29. The van der Waals surface area contributed by atoms with Crippen LogP contribution in [0.3, 0.4) is 0 Å². The molecule has 0 saturated heterocycles. The van der Waals surface area contributed by atoms with Crippen molar-refractivity contribution in [1.29, 1.82) is 0 Å². The lowest BCUT2D eigenvalue weighted by Gasteiger charge is -2.11. The van der Waals surface area contributed by atoms with Gasteiger partial charge in [0.05, 0.1) is 12.8 Å². The second-order valence-electron chi connectivity index (χ2n) is 5.85. The molecular formula is C20H17ClN4O3. The predicted octanol–water partition coefficient (Wildman–Crippen LogP) is 4.34. The van der Waals surface area contributed by atoms with E-state index in [1.165, 1.54) is 19.3 Å². The Labute approximate surface area is 166 Å². The number of methoxy groups -OCH3 is 1. The van der Waals surface area contributed by atoms with E-state index in [0.717, 1.165) is 0 Å². The summed E-state index contributed by atoms with van der Waals surface area (Å²) >= 11 is 6.03. The summed E-state index contributed by atoms with van der Waals surface area (Å²) in [6.45, 7) is 1.47. The first-order chi connectivity index (χ1) is 13.5. The fraction of sp³-hybridized carbons (Fsp3) is 0.100. The molecule has 0 saturated carbocycles. The number of hydrogen-bond acceptors (Lipinski definition) is 6. The second kappa shape index (κ2) is 8.49. The molecule has 3 rings (SSSR count). The number of ether oxygens (including phenoxy) is 1. The molecule has 1 amide bonds. The average molecular weight is 397 g/mol. The summed E-state index contributed by atoms with van der Waals surface area (Å²) in [7, 11) is 1.54. The van der Waals surface area contributed by atoms with Crippen LogP contribution in [0.5, 0.6) is 5.75 Å². The van der Waals surface area contributed by atoms with Gasteiger partial charge in [0.1, 0.15) is 23.6 Å². The van der Waals surface area contributed by atoms with Gasteiger partial charge in [0.2, 0.25) is 0 Å². The van der Waals surface area contributed by atoms with Crippen LogP contribution in [-0.2, 0) is 0 Å². The molecule has 0 atom stereocenters. The molecule has 0 aliphatic rings. The number of nitrogens with one attached hydrogen (secondary N) is 2. The van der Waals surface area contributed by atoms with Gasteiger partial charge in [-0.3, -0.25) is 9.59 Å². The highest BCUT2D eigenvalue weighted by Gasteiger charge is 2.12. The minimum atomic E-state index is -0.427. The Morgan fingerprint density at radius 3 is 2.64 bits per heavy atom. The summed E-state index contributed by atoms with van der Waals surface area (Å²) in [4.78, 5) is 32.1. The van der Waals surface area contributed by atoms with Crippen LogP contribution in [-0.4, -0.2) is 28.8 Å². The predicted molar refractivity (Wildman–Crippen MR) is 108 cm³/mol. The third-order valence-electron chi connectivity index (χ3n) is 3.85. The molecule has 3 aromatic rings. The van der Waals surface area contributed by atoms with E-state index in [2.05, 4.69) is 20.6 Å². The van der Waals surface area contributed by atoms with Crippen molar-refractivity contribution in [2.45, 2.75) is 6.92 Å². The summed E-state index contributed by atoms with van der Waals surface area (Å²) in [5, 5.41) is 6.31. The Morgan fingerprint density at radius 2 is 1.89 bits per heavy atom. The first kappa shape index (κ1) is 19.3. The van der Waals surface area contributed by atoms with Gasteiger partial charge in [-0.15, -0.1) is 0 Å². The number of hydrogen-bond donors (Lipinski definition) is 2. The van der Waals surface area contributed by atoms with Gasteiger partial charge in [0, 0.05) is 22.3 Å². The van der Waals surface area contributed by atoms with Gasteiger partial charge in [-0.25, -0.2) is 9.97 Å². The number of rotatable bonds is 6. The molecule has 0 bridgehead atoms. The molecule has 28 heavy (non-hydrogen) atoms. The Hall–Kier alpha value is -3.45. The van der Waals surface area contributed by atoms with Crippen molar-refractivity contribution in [1.82, 2.24) is 9.97 Å². The molecular weight excluding hydrogens is 380 g/mol. The van der Waals surface area contributed by atoms with Crippen molar-refractivity contribution < 1.29 is 14.3 Å². The Morgan fingerprint density at radius 1 is 1.07 bits per heavy atom. The van der Waals surface area contributed by atoms with Crippen LogP contribution in [0.4, 0.5) is 17.2 Å². The van der Waals surface area contributed by atoms with Crippen molar-refractivity contribution in [2.24, 2.45) is 0 Å². The lowest BCUT2D eigenvalue weighted by molar-refractivity contribution is 0.100. The van der Waals surface area contributed by atoms with E-state index < -0.39 is 5.91 Å². The van der Waals surface area contributed by atoms with Gasteiger partial charge < -0.3 is 15.4 Å². The maximum atomic E-state index is 12.5. The largest absolute Gasteiger partial charge is 0.495 e. The van der Waals surface area contributed by atoms with Crippen LogP contribution in [0, 0.1) is 0 Å². The van der Waals surface area contributed by atoms with Gasteiger partial charge >= 0.3 is 0 Å². The monoisotopic (exact) mass is 396 g/mol. The van der Waals surface area contributed by atoms with Crippen molar-refractivity contribution >= 4 is 40.5 Å². The Kier molecular flexibility index (Phi) is 5.86. The van der Waals surface area contributed by atoms with Crippen LogP contribution in [0.2, 0.25) is 5.02 Å². The fourth-order valence-electron chi connectivity index (χ4n) is 2.48. The molecule has 2 N–H and O–H groups in total. The summed E-state index contributed by atoms with van der Waals surface area (Å²) in [5.41, 5.74) is 1.78. The van der Waals surface area contributed by atoms with E-state index in [9.17, 15) is 9.59 Å². The molecule has 142 valence electrons. The quantitative estimate of drug-likeness (QED) is 0.602. The number of carbonyl (C=O) groups is 2. The van der Waals surface area contributed by atoms with Crippen LogP contribution < -0.4 is 15.4 Å². The first-order valence-corrected chi connectivity index (χ1v) is 8.69. The standard InChI is InChI=1S/C20H17ClN4O3/c1-12(26)13-4-3-5-15(8-13)24-20(27)17-10-19(23-11-22-17)25-16-9-14(21)6-7-18(16)28-2/h3-11H,1-2H3,(H,24,27)(H,22,23,25). The zero-order valence-corrected chi connectivity index (χ0v) is 15.9. The van der Waals surface area contributed by atoms with Gasteiger partial charge in [0.25, 0.3) is 5.91 Å². The smallest absolute Gasteiger partial charge is 0.274 e. The zero-order valence-electron chi connectivity index (χ0n) is 15.2. The van der Waals surface area contributed by atoms with Crippen LogP contribution in [0.25, 0.3) is 0 Å². The summed E-state index contributed by atoms with van der Waals surface area (Å²) in [6, 6.07) is 13.3. The highest BCUT2D eigenvalue weighted by atomic mass is 35.5. The zero-order chi connectivity index (χ0) is 20.1. The average Bonchev–Trinajstić information content (AvgIpc) is 2.68. The van der Waals surface area contributed by atoms with E-state index >= 15 is 0 Å². The molecule has 1 aromatic heterocycles. The number of nitrogens with zero attached hydrogens (tertiary/aromatic N) is 2. The van der Waals surface area contributed by atoms with Crippen molar-refractivity contribution in [3.8, 4) is 5.75 Å². The minimum Gasteiger partial charge on any atom is -0.495 e. The van der Waals surface area contributed by atoms with Gasteiger partial charge in [-0.1, -0.05) is 23.7 Å². The Bertz CT molecular complexity index is 1040. The molecule has 0 aliphatic heterocycles. The van der Waals surface area contributed by atoms with Crippen molar-refractivity contribution in [3.63, 3.8) is 0 Å². The highest BCUT2D eigenvalue weighted by molar-refractivity contribution is 6.31. The number of carbonyl (C=O) groups excluding carboxylic acids is 2. The third kappa shape index (κ3) is 4.63. The maximum Gasteiger partial charge on any atom is 0.274 e. The van der Waals surface area contributed by atoms with Gasteiger partial charge in [-0.05, 0) is 37.3 Å². The van der Waals surface area contributed by atoms with Crippen LogP contribution in [0.1, 0.15) is 27.8 Å². The molecule has 8 heteroatoms. The van der Waals surface area contributed by atoms with E-state index in [0.29, 0.717) is 33.5 Å². The molecule has 0 spiro atoms. The number of benzene rings is 2. The minimum absolute atomic E-state index is 0.0832. The molecule has 2 aromatic carbocycles. The number of amides is 1. The molecule has 0 unspecified atom stereocenters. The second-order valence-corrected chi connectivity index (χ2v) is 6.29. The normalized spacial score (nSPS) is 10.2. The molecule has 1 heterocycles. The number of ketones is 1. The Balaban J connectivity index is 1.79. The van der Waals surface area contributed by atoms with Crippen LogP contribution >= 0.6 is 11.6 Å². The highest BCUT2D eigenvalue weighted by Crippen LogP contribution is 2.30. The van der Waals surface area contributed by atoms with E-state index in [4.69, 9.17) is 16.3 Å². The lowest BCUT2D eigenvalue weighted by atomic mass is 10.1. The topological polar surface area (TPSA) is 93.2 Å². The molecule has 0 radical (unpaired) electrons. The van der Waals surface area contributed by atoms with E-state index in [1.807, 2.05) is 0 Å². The molecule has 0 fully saturated rings. The fourth-order valence-corrected chi connectivity index (χ4v) is 2.65. The van der Waals surface area contributed by atoms with Crippen LogP contribution in [0.15, 0.2) is 54.9 Å². The molecule has 0 aliphatic carbocycles. The van der Waals surface area contributed by atoms with Crippen molar-refractivity contribution in [2.75, 3.05) is 17.7 Å². The number of anilines is 3. The number of Topliss-reactive ketones (excluding diaryl/α,β-unsaturated/α-hetero) is 1. The lowest BCUT2D eigenvalue weighted by Crippen LogP contribution is -2.14. The van der Waals surface area contributed by atoms with Crippen molar-refractivity contribution in [3.05, 3.63) is 71.1 Å². The maximum absolute atomic E-state index is 12.5. The first-order valence-electron chi connectivity index (χ1n) is 8.31. The molecule has 7 nitrogen and oxygen atoms in total. The summed E-state index contributed by atoms with van der Waals surface area (Å²) in [6.07, 6.45) is 1.28. The van der Waals surface area contributed by atoms with E-state index in [-0.39, 0.29) is 11.5 Å². The van der Waals surface area contributed by atoms with Gasteiger partial charge in [0.15, 0.2) is 5.78 Å².